The van der Waals surface area contributed by atoms with E-state index in [1.807, 2.05) is 0 Å². The molecule has 2 nitrogen and oxygen atoms in total. The lowest BCUT2D eigenvalue weighted by atomic mass is 9.86. The molecule has 2 heteroatoms. The summed E-state index contributed by atoms with van der Waals surface area (Å²) in [5.41, 5.74) is 7.28. The normalized spacial score (nSPS) is 33.2. The predicted octanol–water partition coefficient (Wildman–Crippen LogP) is 6.83. The fourth-order valence-corrected chi connectivity index (χ4v) is 6.74. The molecule has 0 spiro atoms. The van der Waals surface area contributed by atoms with Gasteiger partial charge in [-0.05, 0) is 55.4 Å². The number of nitrogens with zero attached hydrogens (tertiary/aromatic N) is 2. The van der Waals surface area contributed by atoms with Crippen molar-refractivity contribution in [3.63, 3.8) is 0 Å². The molecule has 0 N–H and O–H groups in total. The van der Waals surface area contributed by atoms with Crippen LogP contribution in [0.25, 0.3) is 0 Å². The molecule has 0 aromatic heterocycles. The maximum Gasteiger partial charge on any atom is 0.0629 e. The van der Waals surface area contributed by atoms with Gasteiger partial charge in [0, 0.05) is 34.9 Å². The largest absolute Gasteiger partial charge is 0.361 e. The average molecular weight is 419 g/mol. The van der Waals surface area contributed by atoms with Crippen molar-refractivity contribution in [3.8, 4) is 0 Å². The van der Waals surface area contributed by atoms with Crippen molar-refractivity contribution >= 4 is 11.4 Å². The molecule has 0 radical (unpaired) electrons. The Morgan fingerprint density at radius 3 is 2.25 bits per heavy atom. The van der Waals surface area contributed by atoms with E-state index in [0.717, 1.165) is 19.3 Å². The van der Waals surface area contributed by atoms with Gasteiger partial charge >= 0.3 is 0 Å². The summed E-state index contributed by atoms with van der Waals surface area (Å²) < 4.78 is 0. The van der Waals surface area contributed by atoms with Crippen LogP contribution in [-0.4, -0.2) is 18.1 Å². The smallest absolute Gasteiger partial charge is 0.0629 e. The summed E-state index contributed by atoms with van der Waals surface area (Å²) in [5, 5.41) is 0. The van der Waals surface area contributed by atoms with Gasteiger partial charge in [0.2, 0.25) is 0 Å². The second-order valence-electron chi connectivity index (χ2n) is 9.87. The second-order valence-corrected chi connectivity index (χ2v) is 9.87. The van der Waals surface area contributed by atoms with E-state index in [2.05, 4.69) is 101 Å². The first-order valence-corrected chi connectivity index (χ1v) is 12.4. The molecule has 0 bridgehead atoms. The number of fused-ring (bicyclic) bond motifs is 6. The number of hydrogen-bond donors (Lipinski definition) is 0. The number of allylic oxidation sites excluding steroid dienone is 8. The van der Waals surface area contributed by atoms with Crippen molar-refractivity contribution < 1.29 is 0 Å². The van der Waals surface area contributed by atoms with Crippen molar-refractivity contribution in [2.75, 3.05) is 9.80 Å². The van der Waals surface area contributed by atoms with Gasteiger partial charge in [0.15, 0.2) is 0 Å². The lowest BCUT2D eigenvalue weighted by Gasteiger charge is -2.37. The van der Waals surface area contributed by atoms with Gasteiger partial charge in [-0.25, -0.2) is 0 Å². The molecule has 0 amide bonds. The number of rotatable bonds is 2. The average Bonchev–Trinajstić information content (AvgIpc) is 3.36. The van der Waals surface area contributed by atoms with Gasteiger partial charge in [-0.1, -0.05) is 79.0 Å². The van der Waals surface area contributed by atoms with Crippen molar-refractivity contribution in [1.29, 1.82) is 0 Å². The zero-order valence-electron chi connectivity index (χ0n) is 18.5. The molecule has 7 rings (SSSR count). The minimum absolute atomic E-state index is 0.384. The van der Waals surface area contributed by atoms with E-state index in [-0.39, 0.29) is 0 Å². The lowest BCUT2D eigenvalue weighted by molar-refractivity contribution is 0.512. The molecular formula is C30H30N2. The maximum absolute atomic E-state index is 2.76. The highest BCUT2D eigenvalue weighted by Gasteiger charge is 2.44. The molecule has 160 valence electrons. The molecule has 6 aliphatic rings. The molecule has 0 saturated carbocycles. The van der Waals surface area contributed by atoms with Gasteiger partial charge in [-0.2, -0.15) is 0 Å². The molecular weight excluding hydrogens is 388 g/mol. The van der Waals surface area contributed by atoms with Crippen LogP contribution in [0, 0.1) is 0 Å². The summed E-state index contributed by atoms with van der Waals surface area (Å²) >= 11 is 0. The van der Waals surface area contributed by atoms with Crippen molar-refractivity contribution in [2.45, 2.75) is 62.1 Å². The van der Waals surface area contributed by atoms with Gasteiger partial charge in [0.1, 0.15) is 0 Å². The highest BCUT2D eigenvalue weighted by atomic mass is 15.2. The summed E-state index contributed by atoms with van der Waals surface area (Å²) in [6.45, 7) is 0. The van der Waals surface area contributed by atoms with Gasteiger partial charge in [0.25, 0.3) is 0 Å². The Balaban J connectivity index is 1.40. The van der Waals surface area contributed by atoms with Crippen LogP contribution in [0.5, 0.6) is 0 Å². The number of benzene rings is 1. The van der Waals surface area contributed by atoms with Gasteiger partial charge < -0.3 is 9.80 Å². The molecule has 5 atom stereocenters. The van der Waals surface area contributed by atoms with E-state index in [0.29, 0.717) is 30.0 Å². The Labute approximate surface area is 191 Å². The molecule has 2 heterocycles. The Hall–Kier alpha value is -3.00. The van der Waals surface area contributed by atoms with Crippen LogP contribution in [0.2, 0.25) is 0 Å². The van der Waals surface area contributed by atoms with Crippen LogP contribution in [0.3, 0.4) is 0 Å². The summed E-state index contributed by atoms with van der Waals surface area (Å²) in [6, 6.07) is 6.54. The minimum Gasteiger partial charge on any atom is -0.361 e. The van der Waals surface area contributed by atoms with Crippen LogP contribution in [-0.2, 0) is 0 Å². The Kier molecular flexibility index (Phi) is 4.21. The fraction of sp³-hybridized carbons (Fsp3) is 0.333. The molecule has 5 unspecified atom stereocenters. The quantitative estimate of drug-likeness (QED) is 0.486. The Morgan fingerprint density at radius 1 is 0.688 bits per heavy atom. The minimum atomic E-state index is 0.384. The SMILES string of the molecule is C1=CC2c3cc4c(cc3N(C3=CCCC=C3)C2C=C1)N(C1CC=CCC1)C1C=CC=CC41. The maximum atomic E-state index is 2.76. The van der Waals surface area contributed by atoms with E-state index in [9.17, 15) is 0 Å². The topological polar surface area (TPSA) is 6.48 Å². The Bertz CT molecular complexity index is 1160. The summed E-state index contributed by atoms with van der Waals surface area (Å²) in [4.78, 5) is 5.38. The molecule has 1 aromatic carbocycles. The van der Waals surface area contributed by atoms with E-state index >= 15 is 0 Å². The van der Waals surface area contributed by atoms with E-state index in [4.69, 9.17) is 0 Å². The molecule has 0 saturated heterocycles. The number of hydrogen-bond acceptors (Lipinski definition) is 2. The van der Waals surface area contributed by atoms with E-state index < -0.39 is 0 Å². The second kappa shape index (κ2) is 7.27. The first-order chi connectivity index (χ1) is 15.9. The fourth-order valence-electron chi connectivity index (χ4n) is 6.74. The molecule has 1 aromatic rings. The highest BCUT2D eigenvalue weighted by Crippen LogP contribution is 2.54. The van der Waals surface area contributed by atoms with Gasteiger partial charge in [-0.15, -0.1) is 0 Å². The summed E-state index contributed by atoms with van der Waals surface area (Å²) in [7, 11) is 0. The van der Waals surface area contributed by atoms with Crippen LogP contribution in [0.1, 0.15) is 55.1 Å². The van der Waals surface area contributed by atoms with Gasteiger partial charge in [0.05, 0.1) is 12.1 Å². The molecule has 32 heavy (non-hydrogen) atoms. The lowest BCUT2D eigenvalue weighted by Crippen LogP contribution is -2.42. The first-order valence-electron chi connectivity index (χ1n) is 12.4. The van der Waals surface area contributed by atoms with Crippen LogP contribution >= 0.6 is 0 Å². The number of anilines is 2. The summed E-state index contributed by atoms with van der Waals surface area (Å²) in [5.74, 6) is 0.903. The van der Waals surface area contributed by atoms with E-state index in [1.165, 1.54) is 41.0 Å². The predicted molar refractivity (Wildman–Crippen MR) is 134 cm³/mol. The molecule has 0 fully saturated rings. The summed E-state index contributed by atoms with van der Waals surface area (Å²) in [6.07, 6.45) is 36.4. The van der Waals surface area contributed by atoms with Crippen LogP contribution in [0.4, 0.5) is 11.4 Å². The standard InChI is InChI=1S/C30H30N2/c1-3-11-21(12-4-1)31-27-17-9-7-15-23(27)25-19-26-24-16-8-10-18-28(24)32(30(26)20-29(25)31)22-13-5-2-6-14-22/h1,3,5,7-10,13-21,23-24,27-28H,2,4,6,11-12H2. The third kappa shape index (κ3) is 2.65. The third-order valence-corrected chi connectivity index (χ3v) is 8.15. The zero-order valence-corrected chi connectivity index (χ0v) is 18.5. The molecule has 4 aliphatic carbocycles. The first kappa shape index (κ1) is 18.6. The highest BCUT2D eigenvalue weighted by molar-refractivity contribution is 5.80. The third-order valence-electron chi connectivity index (χ3n) is 8.15. The van der Waals surface area contributed by atoms with Gasteiger partial charge in [-0.3, -0.25) is 0 Å². The van der Waals surface area contributed by atoms with Crippen LogP contribution < -0.4 is 9.80 Å². The van der Waals surface area contributed by atoms with Crippen molar-refractivity contribution in [1.82, 2.24) is 0 Å². The zero-order chi connectivity index (χ0) is 21.1. The Morgan fingerprint density at radius 2 is 1.47 bits per heavy atom. The van der Waals surface area contributed by atoms with Crippen molar-refractivity contribution in [2.24, 2.45) is 0 Å². The van der Waals surface area contributed by atoms with Crippen LogP contribution in [0.15, 0.2) is 96.8 Å². The molecule has 2 aliphatic heterocycles. The van der Waals surface area contributed by atoms with Crippen molar-refractivity contribution in [3.05, 3.63) is 108 Å². The monoisotopic (exact) mass is 418 g/mol. The van der Waals surface area contributed by atoms with E-state index in [1.54, 1.807) is 0 Å².